The summed E-state index contributed by atoms with van der Waals surface area (Å²) in [6.45, 7) is 1.54. The predicted molar refractivity (Wildman–Crippen MR) is 102 cm³/mol. The molecule has 0 aliphatic carbocycles. The minimum absolute atomic E-state index is 0.127. The molecule has 2 aromatic carbocycles. The first-order valence-corrected chi connectivity index (χ1v) is 8.34. The Labute approximate surface area is 163 Å². The van der Waals surface area contributed by atoms with Crippen LogP contribution in [-0.4, -0.2) is 21.8 Å². The fourth-order valence-electron chi connectivity index (χ4n) is 2.93. The van der Waals surface area contributed by atoms with Crippen LogP contribution in [0.4, 0.5) is 21.9 Å². The minimum Gasteiger partial charge on any atom is -0.327 e. The van der Waals surface area contributed by atoms with Crippen molar-refractivity contribution in [3.63, 3.8) is 0 Å². The van der Waals surface area contributed by atoms with Crippen LogP contribution in [0.15, 0.2) is 59.8 Å². The average molecular weight is 397 g/mol. The van der Waals surface area contributed by atoms with Crippen molar-refractivity contribution in [2.45, 2.75) is 13.0 Å². The monoisotopic (exact) mass is 397 g/mol. The highest BCUT2D eigenvalue weighted by atomic mass is 16.6. The number of benzene rings is 2. The highest BCUT2D eigenvalue weighted by molar-refractivity contribution is 6.06. The second-order valence-electron chi connectivity index (χ2n) is 6.18. The van der Waals surface area contributed by atoms with E-state index in [1.165, 1.54) is 48.5 Å². The van der Waals surface area contributed by atoms with Crippen molar-refractivity contribution in [1.82, 2.24) is 10.6 Å². The van der Waals surface area contributed by atoms with E-state index < -0.39 is 27.8 Å². The Morgan fingerprint density at radius 2 is 1.69 bits per heavy atom. The molecule has 3 N–H and O–H groups in total. The SMILES string of the molecule is CC1=C(C(=O)Nc2cccc([N+](=O)[O-])c2)[C@H](c2ccc([N+](=O)[O-])cc2)NC(=O)N1. The maximum atomic E-state index is 12.9. The van der Waals surface area contributed by atoms with E-state index >= 15 is 0 Å². The van der Waals surface area contributed by atoms with E-state index in [0.717, 1.165) is 0 Å². The summed E-state index contributed by atoms with van der Waals surface area (Å²) in [5.74, 6) is -0.584. The van der Waals surface area contributed by atoms with Crippen LogP contribution in [0, 0.1) is 20.2 Å². The van der Waals surface area contributed by atoms with Gasteiger partial charge in [0, 0.05) is 35.6 Å². The molecule has 0 bridgehead atoms. The zero-order valence-electron chi connectivity index (χ0n) is 15.0. The van der Waals surface area contributed by atoms with Crippen molar-refractivity contribution in [2.24, 2.45) is 0 Å². The molecule has 1 aliphatic rings. The van der Waals surface area contributed by atoms with Crippen LogP contribution < -0.4 is 16.0 Å². The molecule has 0 unspecified atom stereocenters. The second kappa shape index (κ2) is 7.76. The van der Waals surface area contributed by atoms with E-state index in [1.54, 1.807) is 6.92 Å². The van der Waals surface area contributed by atoms with Gasteiger partial charge in [-0.05, 0) is 30.7 Å². The first-order valence-electron chi connectivity index (χ1n) is 8.34. The lowest BCUT2D eigenvalue weighted by atomic mass is 9.94. The molecule has 1 heterocycles. The van der Waals surface area contributed by atoms with Gasteiger partial charge in [-0.1, -0.05) is 6.07 Å². The number of non-ortho nitro benzene ring substituents is 2. The largest absolute Gasteiger partial charge is 0.327 e. The number of carbonyl (C=O) groups is 2. The lowest BCUT2D eigenvalue weighted by Crippen LogP contribution is -2.45. The Morgan fingerprint density at radius 3 is 2.31 bits per heavy atom. The number of nitro benzene ring substituents is 2. The number of nitrogens with zero attached hydrogens (tertiary/aromatic N) is 2. The molecule has 0 radical (unpaired) electrons. The Balaban J connectivity index is 1.93. The van der Waals surface area contributed by atoms with Crippen molar-refractivity contribution in [3.05, 3.63) is 85.6 Å². The molecule has 148 valence electrons. The highest BCUT2D eigenvalue weighted by Gasteiger charge is 2.31. The molecule has 11 heteroatoms. The lowest BCUT2D eigenvalue weighted by Gasteiger charge is -2.28. The van der Waals surface area contributed by atoms with Gasteiger partial charge >= 0.3 is 6.03 Å². The molecule has 0 fully saturated rings. The molecule has 3 rings (SSSR count). The number of anilines is 1. The van der Waals surface area contributed by atoms with Gasteiger partial charge in [-0.3, -0.25) is 25.0 Å². The van der Waals surface area contributed by atoms with Gasteiger partial charge in [0.15, 0.2) is 0 Å². The van der Waals surface area contributed by atoms with E-state index in [1.807, 2.05) is 0 Å². The Hall–Kier alpha value is -4.28. The van der Waals surface area contributed by atoms with Crippen molar-refractivity contribution in [3.8, 4) is 0 Å². The summed E-state index contributed by atoms with van der Waals surface area (Å²) in [5, 5.41) is 29.5. The third-order valence-electron chi connectivity index (χ3n) is 4.27. The molecule has 1 aliphatic heterocycles. The number of nitrogens with one attached hydrogen (secondary N) is 3. The molecule has 0 spiro atoms. The van der Waals surface area contributed by atoms with E-state index in [2.05, 4.69) is 16.0 Å². The molecule has 1 atom stereocenters. The lowest BCUT2D eigenvalue weighted by molar-refractivity contribution is -0.385. The van der Waals surface area contributed by atoms with Gasteiger partial charge in [-0.15, -0.1) is 0 Å². The number of amides is 3. The third kappa shape index (κ3) is 4.18. The summed E-state index contributed by atoms with van der Waals surface area (Å²) in [7, 11) is 0. The average Bonchev–Trinajstić information content (AvgIpc) is 2.67. The van der Waals surface area contributed by atoms with Gasteiger partial charge in [0.1, 0.15) is 0 Å². The second-order valence-corrected chi connectivity index (χ2v) is 6.18. The zero-order chi connectivity index (χ0) is 21.1. The van der Waals surface area contributed by atoms with Crippen LogP contribution in [0.3, 0.4) is 0 Å². The molecule has 0 saturated carbocycles. The third-order valence-corrected chi connectivity index (χ3v) is 4.27. The summed E-state index contributed by atoms with van der Waals surface area (Å²) < 4.78 is 0. The zero-order valence-corrected chi connectivity index (χ0v) is 15.0. The minimum atomic E-state index is -0.858. The maximum Gasteiger partial charge on any atom is 0.319 e. The fraction of sp³-hybridized carbons (Fsp3) is 0.111. The first kappa shape index (κ1) is 19.5. The molecule has 3 amide bonds. The van der Waals surface area contributed by atoms with Gasteiger partial charge in [0.2, 0.25) is 0 Å². The number of allylic oxidation sites excluding steroid dienone is 1. The molecular formula is C18H15N5O6. The number of urea groups is 1. The van der Waals surface area contributed by atoms with Gasteiger partial charge in [-0.25, -0.2) is 4.79 Å². The van der Waals surface area contributed by atoms with E-state index in [-0.39, 0.29) is 22.6 Å². The molecule has 2 aromatic rings. The van der Waals surface area contributed by atoms with Gasteiger partial charge < -0.3 is 16.0 Å². The van der Waals surface area contributed by atoms with Gasteiger partial charge in [0.25, 0.3) is 17.3 Å². The predicted octanol–water partition coefficient (Wildman–Crippen LogP) is 2.77. The summed E-state index contributed by atoms with van der Waals surface area (Å²) in [5.41, 5.74) is 0.829. The van der Waals surface area contributed by atoms with Crippen molar-refractivity contribution < 1.29 is 19.4 Å². The van der Waals surface area contributed by atoms with Crippen LogP contribution >= 0.6 is 0 Å². The smallest absolute Gasteiger partial charge is 0.319 e. The number of hydrogen-bond donors (Lipinski definition) is 3. The number of nitro groups is 2. The van der Waals surface area contributed by atoms with Crippen LogP contribution in [0.1, 0.15) is 18.5 Å². The fourth-order valence-corrected chi connectivity index (χ4v) is 2.93. The van der Waals surface area contributed by atoms with Gasteiger partial charge in [0.05, 0.1) is 21.5 Å². The summed E-state index contributed by atoms with van der Waals surface area (Å²) in [6.07, 6.45) is 0. The summed E-state index contributed by atoms with van der Waals surface area (Å²) in [6, 6.07) is 9.49. The van der Waals surface area contributed by atoms with Crippen LogP contribution in [0.5, 0.6) is 0 Å². The standard InChI is InChI=1S/C18H15N5O6/c1-10-15(17(24)20-12-3-2-4-14(9-12)23(28)29)16(21-18(25)19-10)11-5-7-13(8-6-11)22(26)27/h2-9,16H,1H3,(H,20,24)(H2,19,21,25)/t16-/m0/s1. The van der Waals surface area contributed by atoms with Crippen LogP contribution in [-0.2, 0) is 4.79 Å². The molecule has 0 saturated heterocycles. The first-order chi connectivity index (χ1) is 13.8. The Kier molecular flexibility index (Phi) is 5.21. The Morgan fingerprint density at radius 1 is 1.03 bits per heavy atom. The topological polar surface area (TPSA) is 157 Å². The maximum absolute atomic E-state index is 12.9. The van der Waals surface area contributed by atoms with Crippen LogP contribution in [0.2, 0.25) is 0 Å². The van der Waals surface area contributed by atoms with Crippen LogP contribution in [0.25, 0.3) is 0 Å². The number of hydrogen-bond acceptors (Lipinski definition) is 6. The Bertz CT molecular complexity index is 1050. The number of carbonyl (C=O) groups excluding carboxylic acids is 2. The van der Waals surface area contributed by atoms with Crippen molar-refractivity contribution in [2.75, 3.05) is 5.32 Å². The molecule has 11 nitrogen and oxygen atoms in total. The highest BCUT2D eigenvalue weighted by Crippen LogP contribution is 2.29. The van der Waals surface area contributed by atoms with E-state index in [0.29, 0.717) is 11.3 Å². The summed E-state index contributed by atoms with van der Waals surface area (Å²) in [4.78, 5) is 45.4. The van der Waals surface area contributed by atoms with E-state index in [4.69, 9.17) is 0 Å². The molecule has 0 aromatic heterocycles. The normalized spacial score (nSPS) is 15.9. The quantitative estimate of drug-likeness (QED) is 0.520. The van der Waals surface area contributed by atoms with Crippen molar-refractivity contribution in [1.29, 1.82) is 0 Å². The van der Waals surface area contributed by atoms with Gasteiger partial charge in [-0.2, -0.15) is 0 Å². The van der Waals surface area contributed by atoms with Crippen molar-refractivity contribution >= 4 is 29.0 Å². The summed E-state index contributed by atoms with van der Waals surface area (Å²) >= 11 is 0. The van der Waals surface area contributed by atoms with E-state index in [9.17, 15) is 29.8 Å². The molecular weight excluding hydrogens is 382 g/mol. The number of rotatable bonds is 5. The molecule has 29 heavy (non-hydrogen) atoms.